The Balaban J connectivity index is 1.48. The van der Waals surface area contributed by atoms with E-state index in [-0.39, 0.29) is 6.10 Å². The van der Waals surface area contributed by atoms with Crippen LogP contribution in [0.4, 0.5) is 11.5 Å². The number of nitrogens with two attached hydrogens (primary N) is 1. The van der Waals surface area contributed by atoms with E-state index in [9.17, 15) is 5.11 Å². The van der Waals surface area contributed by atoms with Gasteiger partial charge in [0.05, 0.1) is 23.1 Å². The minimum Gasteiger partial charge on any atom is -0.474 e. The van der Waals surface area contributed by atoms with E-state index in [4.69, 9.17) is 22.1 Å². The zero-order chi connectivity index (χ0) is 26.7. The van der Waals surface area contributed by atoms with Gasteiger partial charge in [-0.15, -0.1) is 0 Å². The molecule has 0 amide bonds. The van der Waals surface area contributed by atoms with Crippen LogP contribution < -0.4 is 15.8 Å². The molecular formula is C26H31ClN8O2. The van der Waals surface area contributed by atoms with Crippen LogP contribution in [0.1, 0.15) is 38.4 Å². The fourth-order valence-electron chi connectivity index (χ4n) is 3.92. The van der Waals surface area contributed by atoms with E-state index in [0.29, 0.717) is 41.3 Å². The summed E-state index contributed by atoms with van der Waals surface area (Å²) in [4.78, 5) is 17.4. The second-order valence-corrected chi connectivity index (χ2v) is 9.77. The van der Waals surface area contributed by atoms with Crippen molar-refractivity contribution in [3.8, 4) is 28.5 Å². The van der Waals surface area contributed by atoms with Gasteiger partial charge < -0.3 is 20.9 Å². The van der Waals surface area contributed by atoms with E-state index < -0.39 is 5.60 Å². The number of nitrogen functional groups attached to an aromatic ring is 1. The Labute approximate surface area is 220 Å². The molecule has 0 unspecified atom stereocenters. The van der Waals surface area contributed by atoms with Crippen molar-refractivity contribution in [2.24, 2.45) is 7.05 Å². The summed E-state index contributed by atoms with van der Waals surface area (Å²) in [6.07, 6.45) is 5.49. The summed E-state index contributed by atoms with van der Waals surface area (Å²) in [7, 11) is 1.82. The smallest absolute Gasteiger partial charge is 0.223 e. The van der Waals surface area contributed by atoms with Gasteiger partial charge in [-0.25, -0.2) is 19.6 Å². The highest BCUT2D eigenvalue weighted by atomic mass is 35.5. The lowest BCUT2D eigenvalue weighted by Gasteiger charge is -2.19. The van der Waals surface area contributed by atoms with Crippen LogP contribution in [0, 0.1) is 6.92 Å². The Kier molecular flexibility index (Phi) is 7.60. The third kappa shape index (κ3) is 6.15. The second kappa shape index (κ2) is 10.7. The molecule has 0 radical (unpaired) electrons. The quantitative estimate of drug-likeness (QED) is 0.273. The van der Waals surface area contributed by atoms with Crippen LogP contribution in [-0.2, 0) is 12.6 Å². The van der Waals surface area contributed by atoms with Crippen molar-refractivity contribution in [3.05, 3.63) is 59.3 Å². The van der Waals surface area contributed by atoms with Crippen molar-refractivity contribution in [3.63, 3.8) is 0 Å². The van der Waals surface area contributed by atoms with E-state index in [1.165, 1.54) is 0 Å². The molecule has 0 spiro atoms. The molecule has 4 aromatic rings. The van der Waals surface area contributed by atoms with Gasteiger partial charge in [0.25, 0.3) is 0 Å². The molecule has 0 aliphatic carbocycles. The maximum atomic E-state index is 10.4. The van der Waals surface area contributed by atoms with Crippen LogP contribution in [0.15, 0.2) is 42.9 Å². The molecular weight excluding hydrogens is 492 g/mol. The second-order valence-electron chi connectivity index (χ2n) is 9.38. The first-order valence-electron chi connectivity index (χ1n) is 11.9. The van der Waals surface area contributed by atoms with Gasteiger partial charge in [0.15, 0.2) is 5.82 Å². The van der Waals surface area contributed by atoms with Crippen molar-refractivity contribution in [2.45, 2.75) is 45.8 Å². The number of aromatic nitrogens is 6. The van der Waals surface area contributed by atoms with Gasteiger partial charge in [-0.2, -0.15) is 5.10 Å². The fraction of sp³-hybridized carbons (Fsp3) is 0.346. The Bertz CT molecular complexity index is 1400. The zero-order valence-corrected chi connectivity index (χ0v) is 22.3. The number of aliphatic hydroxyl groups is 1. The lowest BCUT2D eigenvalue weighted by Crippen LogP contribution is -2.19. The number of nitrogens with one attached hydrogen (secondary N) is 1. The van der Waals surface area contributed by atoms with Gasteiger partial charge in [0.2, 0.25) is 5.88 Å². The number of anilines is 2. The predicted molar refractivity (Wildman–Crippen MR) is 144 cm³/mol. The summed E-state index contributed by atoms with van der Waals surface area (Å²) in [5, 5.41) is 18.7. The van der Waals surface area contributed by atoms with Crippen LogP contribution in [0.3, 0.4) is 0 Å². The average Bonchev–Trinajstić information content (AvgIpc) is 3.11. The standard InChI is InChI=1S/C26H31ClN8O2/c1-15(37-25-23(16(2)34-35(25)5)24-31-11-8-22(28)33-24)6-9-29-20-13-21(27)32-14-18(20)19-12-17(7-10-30-19)26(3,4)36/h7-8,10-15,36H,6,9H2,1-5H3,(H,29,32)(H2,28,31,33)/t15-/m0/s1. The molecule has 4 aromatic heterocycles. The first-order chi connectivity index (χ1) is 17.5. The van der Waals surface area contributed by atoms with Gasteiger partial charge in [-0.05, 0) is 57.5 Å². The predicted octanol–water partition coefficient (Wildman–Crippen LogP) is 4.38. The van der Waals surface area contributed by atoms with Crippen LogP contribution in [-0.4, -0.2) is 47.5 Å². The number of hydrogen-bond acceptors (Lipinski definition) is 9. The molecule has 11 heteroatoms. The number of ether oxygens (including phenoxy) is 1. The van der Waals surface area contributed by atoms with E-state index in [2.05, 4.69) is 30.4 Å². The highest BCUT2D eigenvalue weighted by Gasteiger charge is 2.22. The van der Waals surface area contributed by atoms with Crippen molar-refractivity contribution in [1.29, 1.82) is 0 Å². The molecule has 1 atom stereocenters. The Hall–Kier alpha value is -3.76. The van der Waals surface area contributed by atoms with E-state index >= 15 is 0 Å². The number of nitrogens with zero attached hydrogens (tertiary/aromatic N) is 6. The van der Waals surface area contributed by atoms with Gasteiger partial charge in [0.1, 0.15) is 16.5 Å². The molecule has 194 valence electrons. The maximum Gasteiger partial charge on any atom is 0.223 e. The summed E-state index contributed by atoms with van der Waals surface area (Å²) in [5.74, 6) is 1.43. The molecule has 4 heterocycles. The van der Waals surface area contributed by atoms with Crippen molar-refractivity contribution >= 4 is 23.1 Å². The van der Waals surface area contributed by atoms with E-state index in [1.807, 2.05) is 27.0 Å². The van der Waals surface area contributed by atoms with Crippen LogP contribution in [0.5, 0.6) is 5.88 Å². The highest BCUT2D eigenvalue weighted by Crippen LogP contribution is 2.33. The lowest BCUT2D eigenvalue weighted by molar-refractivity contribution is 0.0785. The zero-order valence-electron chi connectivity index (χ0n) is 21.5. The topological polar surface area (TPSA) is 137 Å². The Morgan fingerprint density at radius 2 is 1.95 bits per heavy atom. The third-order valence-corrected chi connectivity index (χ3v) is 6.07. The van der Waals surface area contributed by atoms with Gasteiger partial charge in [-0.1, -0.05) is 11.6 Å². The number of pyridine rings is 2. The monoisotopic (exact) mass is 522 g/mol. The van der Waals surface area contributed by atoms with Gasteiger partial charge in [-0.3, -0.25) is 4.98 Å². The summed E-state index contributed by atoms with van der Waals surface area (Å²) in [6.45, 7) is 7.95. The van der Waals surface area contributed by atoms with Crippen molar-refractivity contribution in [2.75, 3.05) is 17.6 Å². The molecule has 0 fully saturated rings. The highest BCUT2D eigenvalue weighted by molar-refractivity contribution is 6.29. The van der Waals surface area contributed by atoms with Gasteiger partial charge >= 0.3 is 0 Å². The summed E-state index contributed by atoms with van der Waals surface area (Å²) < 4.78 is 7.97. The lowest BCUT2D eigenvalue weighted by atomic mass is 9.97. The SMILES string of the molecule is Cc1nn(C)c(O[C@@H](C)CCNc2cc(Cl)ncc2-c2cc(C(C)(C)O)ccn2)c1-c1nccc(N)n1. The van der Waals surface area contributed by atoms with Crippen molar-refractivity contribution < 1.29 is 9.84 Å². The molecule has 10 nitrogen and oxygen atoms in total. The average molecular weight is 523 g/mol. The third-order valence-electron chi connectivity index (χ3n) is 5.86. The van der Waals surface area contributed by atoms with Crippen LogP contribution >= 0.6 is 11.6 Å². The van der Waals surface area contributed by atoms with E-state index in [0.717, 1.165) is 28.1 Å². The number of halogens is 1. The fourth-order valence-corrected chi connectivity index (χ4v) is 4.08. The molecule has 0 saturated heterocycles. The molecule has 0 bridgehead atoms. The van der Waals surface area contributed by atoms with E-state index in [1.54, 1.807) is 55.3 Å². The normalized spacial score (nSPS) is 12.4. The molecule has 37 heavy (non-hydrogen) atoms. The van der Waals surface area contributed by atoms with Crippen molar-refractivity contribution in [1.82, 2.24) is 29.7 Å². The molecule has 4 N–H and O–H groups in total. The number of rotatable bonds is 9. The van der Waals surface area contributed by atoms with Gasteiger partial charge in [0, 0.05) is 49.9 Å². The maximum absolute atomic E-state index is 10.4. The minimum atomic E-state index is -0.989. The first kappa shape index (κ1) is 26.3. The molecule has 0 aliphatic heterocycles. The summed E-state index contributed by atoms with van der Waals surface area (Å²) in [6, 6.07) is 7.05. The largest absolute Gasteiger partial charge is 0.474 e. The van der Waals surface area contributed by atoms with Crippen LogP contribution in [0.2, 0.25) is 5.15 Å². The summed E-state index contributed by atoms with van der Waals surface area (Å²) in [5.41, 5.74) is 9.36. The summed E-state index contributed by atoms with van der Waals surface area (Å²) >= 11 is 6.20. The minimum absolute atomic E-state index is 0.153. The Morgan fingerprint density at radius 1 is 1.19 bits per heavy atom. The molecule has 0 saturated carbocycles. The van der Waals surface area contributed by atoms with Crippen LogP contribution in [0.25, 0.3) is 22.6 Å². The first-order valence-corrected chi connectivity index (χ1v) is 12.3. The molecule has 0 aliphatic rings. The number of aryl methyl sites for hydroxylation is 2. The number of hydrogen-bond donors (Lipinski definition) is 3. The molecule has 4 rings (SSSR count). The Morgan fingerprint density at radius 3 is 2.68 bits per heavy atom. The molecule has 0 aromatic carbocycles.